The fourth-order valence-corrected chi connectivity index (χ4v) is 4.27. The molecule has 6 nitrogen and oxygen atoms in total. The molecule has 2 aliphatic rings. The van der Waals surface area contributed by atoms with Crippen LogP contribution in [0.4, 0.5) is 0 Å². The number of piperazine rings is 1. The Morgan fingerprint density at radius 2 is 1.93 bits per heavy atom. The van der Waals surface area contributed by atoms with Gasteiger partial charge in [-0.25, -0.2) is 0 Å². The Morgan fingerprint density at radius 1 is 1.15 bits per heavy atom. The van der Waals surface area contributed by atoms with Crippen LogP contribution < -0.4 is 0 Å². The second-order valence-electron chi connectivity index (χ2n) is 7.93. The van der Waals surface area contributed by atoms with Crippen molar-refractivity contribution in [1.82, 2.24) is 19.7 Å². The minimum absolute atomic E-state index is 0.0556. The Morgan fingerprint density at radius 3 is 2.70 bits per heavy atom. The van der Waals surface area contributed by atoms with E-state index in [2.05, 4.69) is 21.8 Å². The van der Waals surface area contributed by atoms with E-state index in [1.54, 1.807) is 6.20 Å². The van der Waals surface area contributed by atoms with E-state index in [0.29, 0.717) is 18.0 Å². The van der Waals surface area contributed by atoms with Crippen LogP contribution in [0.15, 0.2) is 36.5 Å². The Bertz CT molecular complexity index is 804. The molecule has 0 bridgehead atoms. The van der Waals surface area contributed by atoms with E-state index in [9.17, 15) is 9.90 Å². The van der Waals surface area contributed by atoms with Gasteiger partial charge in [-0.05, 0) is 37.2 Å². The van der Waals surface area contributed by atoms with E-state index in [0.717, 1.165) is 50.2 Å². The normalized spacial score (nSPS) is 24.6. The van der Waals surface area contributed by atoms with Gasteiger partial charge in [0.2, 0.25) is 0 Å². The number of rotatable bonds is 4. The third-order valence-corrected chi connectivity index (χ3v) is 6.04. The van der Waals surface area contributed by atoms with E-state index in [1.807, 2.05) is 35.2 Å². The van der Waals surface area contributed by atoms with Gasteiger partial charge in [0.1, 0.15) is 0 Å². The van der Waals surface area contributed by atoms with Crippen molar-refractivity contribution in [3.63, 3.8) is 0 Å². The Hall–Kier alpha value is -2.02. The molecule has 2 fully saturated rings. The molecule has 1 amide bonds. The summed E-state index contributed by atoms with van der Waals surface area (Å²) in [6.45, 7) is 6.77. The largest absolute Gasteiger partial charge is 0.396 e. The third kappa shape index (κ3) is 3.98. The summed E-state index contributed by atoms with van der Waals surface area (Å²) in [5.41, 5.74) is 1.60. The van der Waals surface area contributed by atoms with Gasteiger partial charge in [-0.1, -0.05) is 6.07 Å². The molecule has 144 valence electrons. The zero-order chi connectivity index (χ0) is 18.8. The number of hydrogen-bond donors (Lipinski definition) is 1. The van der Waals surface area contributed by atoms with Gasteiger partial charge in [0, 0.05) is 75.5 Å². The van der Waals surface area contributed by atoms with Crippen molar-refractivity contribution < 1.29 is 9.90 Å². The smallest absolute Gasteiger partial charge is 0.253 e. The number of hydrogen-bond acceptors (Lipinski definition) is 5. The van der Waals surface area contributed by atoms with Crippen molar-refractivity contribution in [2.24, 2.45) is 11.8 Å². The van der Waals surface area contributed by atoms with Crippen LogP contribution in [-0.4, -0.2) is 90.2 Å². The SMILES string of the molecule is CN1CCN(C[C@@H]2CN(C(=O)c3ccc4ncccc4c3)C[C@@H]2CO)CC1. The number of carbonyl (C=O) groups excluding carboxylic acids is 1. The highest BCUT2D eigenvalue weighted by molar-refractivity contribution is 5.98. The number of amides is 1. The van der Waals surface area contributed by atoms with Gasteiger partial charge < -0.3 is 19.8 Å². The zero-order valence-corrected chi connectivity index (χ0v) is 15.9. The highest BCUT2D eigenvalue weighted by atomic mass is 16.3. The van der Waals surface area contributed by atoms with Gasteiger partial charge in [0.05, 0.1) is 5.52 Å². The van der Waals surface area contributed by atoms with Crippen LogP contribution in [0.2, 0.25) is 0 Å². The summed E-state index contributed by atoms with van der Waals surface area (Å²) in [4.78, 5) is 24.1. The summed E-state index contributed by atoms with van der Waals surface area (Å²) in [7, 11) is 2.16. The van der Waals surface area contributed by atoms with Crippen LogP contribution in [0.5, 0.6) is 0 Å². The fraction of sp³-hybridized carbons (Fsp3) is 0.524. The Kier molecular flexibility index (Phi) is 5.38. The average molecular weight is 368 g/mol. The van der Waals surface area contributed by atoms with E-state index in [1.165, 1.54) is 0 Å². The van der Waals surface area contributed by atoms with Gasteiger partial charge in [0.15, 0.2) is 0 Å². The quantitative estimate of drug-likeness (QED) is 0.878. The topological polar surface area (TPSA) is 59.9 Å². The number of aliphatic hydroxyl groups is 1. The van der Waals surface area contributed by atoms with Crippen LogP contribution in [-0.2, 0) is 0 Å². The van der Waals surface area contributed by atoms with Crippen molar-refractivity contribution in [1.29, 1.82) is 0 Å². The summed E-state index contributed by atoms with van der Waals surface area (Å²) in [6.07, 6.45) is 1.76. The molecule has 1 aromatic carbocycles. The lowest BCUT2D eigenvalue weighted by Gasteiger charge is -2.34. The molecular weight excluding hydrogens is 340 g/mol. The molecular formula is C21H28N4O2. The van der Waals surface area contributed by atoms with Crippen LogP contribution in [0.25, 0.3) is 10.9 Å². The molecule has 0 unspecified atom stereocenters. The lowest BCUT2D eigenvalue weighted by atomic mass is 9.96. The molecule has 2 saturated heterocycles. The highest BCUT2D eigenvalue weighted by Crippen LogP contribution is 2.26. The molecule has 0 radical (unpaired) electrons. The van der Waals surface area contributed by atoms with Gasteiger partial charge in [-0.2, -0.15) is 0 Å². The van der Waals surface area contributed by atoms with Crippen molar-refractivity contribution in [3.8, 4) is 0 Å². The summed E-state index contributed by atoms with van der Waals surface area (Å²) < 4.78 is 0. The number of likely N-dealkylation sites (tertiary alicyclic amines) is 1. The molecule has 27 heavy (non-hydrogen) atoms. The van der Waals surface area contributed by atoms with Gasteiger partial charge >= 0.3 is 0 Å². The predicted molar refractivity (Wildman–Crippen MR) is 106 cm³/mol. The van der Waals surface area contributed by atoms with Crippen LogP contribution in [0.3, 0.4) is 0 Å². The summed E-state index contributed by atoms with van der Waals surface area (Å²) in [5, 5.41) is 10.8. The van der Waals surface area contributed by atoms with E-state index in [-0.39, 0.29) is 18.4 Å². The molecule has 2 aromatic rings. The first kappa shape index (κ1) is 18.3. The molecule has 3 heterocycles. The summed E-state index contributed by atoms with van der Waals surface area (Å²) in [6, 6.07) is 9.56. The first-order valence-electron chi connectivity index (χ1n) is 9.80. The van der Waals surface area contributed by atoms with E-state index in [4.69, 9.17) is 0 Å². The maximum absolute atomic E-state index is 13.0. The van der Waals surface area contributed by atoms with Crippen LogP contribution in [0, 0.1) is 11.8 Å². The number of carbonyl (C=O) groups is 1. The van der Waals surface area contributed by atoms with Crippen molar-refractivity contribution in [2.75, 3.05) is 59.5 Å². The zero-order valence-electron chi connectivity index (χ0n) is 15.9. The number of nitrogens with zero attached hydrogens (tertiary/aromatic N) is 4. The summed E-state index contributed by atoms with van der Waals surface area (Å²) >= 11 is 0. The molecule has 1 aromatic heterocycles. The molecule has 2 aliphatic heterocycles. The third-order valence-electron chi connectivity index (χ3n) is 6.04. The van der Waals surface area contributed by atoms with Crippen LogP contribution >= 0.6 is 0 Å². The Balaban J connectivity index is 1.44. The second-order valence-corrected chi connectivity index (χ2v) is 7.93. The lowest BCUT2D eigenvalue weighted by Crippen LogP contribution is -2.47. The molecule has 2 atom stereocenters. The van der Waals surface area contributed by atoms with Gasteiger partial charge in [-0.15, -0.1) is 0 Å². The van der Waals surface area contributed by atoms with Crippen LogP contribution in [0.1, 0.15) is 10.4 Å². The fourth-order valence-electron chi connectivity index (χ4n) is 4.27. The number of fused-ring (bicyclic) bond motifs is 1. The van der Waals surface area contributed by atoms with E-state index < -0.39 is 0 Å². The first-order chi connectivity index (χ1) is 13.1. The summed E-state index contributed by atoms with van der Waals surface area (Å²) in [5.74, 6) is 0.556. The van der Waals surface area contributed by atoms with E-state index >= 15 is 0 Å². The molecule has 4 rings (SSSR count). The molecule has 6 heteroatoms. The molecule has 0 spiro atoms. The number of pyridine rings is 1. The molecule has 0 saturated carbocycles. The number of likely N-dealkylation sites (N-methyl/N-ethyl adjacent to an activating group) is 1. The molecule has 0 aliphatic carbocycles. The highest BCUT2D eigenvalue weighted by Gasteiger charge is 2.36. The number of aromatic nitrogens is 1. The monoisotopic (exact) mass is 368 g/mol. The number of aliphatic hydroxyl groups excluding tert-OH is 1. The first-order valence-corrected chi connectivity index (χ1v) is 9.80. The van der Waals surface area contributed by atoms with Gasteiger partial charge in [0.25, 0.3) is 5.91 Å². The minimum Gasteiger partial charge on any atom is -0.396 e. The van der Waals surface area contributed by atoms with Crippen molar-refractivity contribution in [3.05, 3.63) is 42.1 Å². The standard InChI is InChI=1S/C21H28N4O2/c1-23-7-9-24(10-8-23)12-18-13-25(14-19(18)15-26)21(27)17-4-5-20-16(11-17)3-2-6-22-20/h2-6,11,18-19,26H,7-10,12-15H2,1H3/t18-,19-/m1/s1. The predicted octanol–water partition coefficient (Wildman–Crippen LogP) is 1.16. The van der Waals surface area contributed by atoms with Gasteiger partial charge in [-0.3, -0.25) is 9.78 Å². The maximum Gasteiger partial charge on any atom is 0.253 e. The molecule has 1 N–H and O–H groups in total. The van der Waals surface area contributed by atoms with Crippen molar-refractivity contribution in [2.45, 2.75) is 0 Å². The number of benzene rings is 1. The second kappa shape index (κ2) is 7.92. The Labute approximate surface area is 160 Å². The average Bonchev–Trinajstić information content (AvgIpc) is 3.11. The lowest BCUT2D eigenvalue weighted by molar-refractivity contribution is 0.0777. The van der Waals surface area contributed by atoms with Crippen molar-refractivity contribution >= 4 is 16.8 Å². The maximum atomic E-state index is 13.0. The minimum atomic E-state index is 0.0556.